The molecule has 1 aromatic rings. The van der Waals surface area contributed by atoms with Gasteiger partial charge in [-0.05, 0) is 25.5 Å². The van der Waals surface area contributed by atoms with Gasteiger partial charge in [0.2, 0.25) is 5.91 Å². The second-order valence-electron chi connectivity index (χ2n) is 5.48. The lowest BCUT2D eigenvalue weighted by atomic mass is 9.82. The van der Waals surface area contributed by atoms with Gasteiger partial charge in [0.25, 0.3) is 0 Å². The summed E-state index contributed by atoms with van der Waals surface area (Å²) in [5.41, 5.74) is 0.733. The number of ether oxygens (including phenoxy) is 1. The molecular weight excluding hydrogens is 258 g/mol. The summed E-state index contributed by atoms with van der Waals surface area (Å²) >= 11 is 0. The molecule has 0 radical (unpaired) electrons. The summed E-state index contributed by atoms with van der Waals surface area (Å²) in [6.45, 7) is 3.44. The van der Waals surface area contributed by atoms with E-state index in [2.05, 4.69) is 5.32 Å². The topological polar surface area (TPSA) is 75.6 Å². The van der Waals surface area contributed by atoms with Crippen LogP contribution in [-0.4, -0.2) is 30.1 Å². The van der Waals surface area contributed by atoms with Gasteiger partial charge >= 0.3 is 5.97 Å². The molecule has 0 fully saturated rings. The molecule has 0 aromatic heterocycles. The van der Waals surface area contributed by atoms with Crippen LogP contribution in [0.3, 0.4) is 0 Å². The molecule has 2 rings (SSSR count). The SMILES string of the molecule is CNC(=O)C(C)(CC1Cc2cc(C)ccc2O1)C(=O)O. The van der Waals surface area contributed by atoms with Gasteiger partial charge in [0.1, 0.15) is 17.3 Å². The largest absolute Gasteiger partial charge is 0.490 e. The summed E-state index contributed by atoms with van der Waals surface area (Å²) in [4.78, 5) is 23.3. The highest BCUT2D eigenvalue weighted by Crippen LogP contribution is 2.35. The molecule has 2 atom stereocenters. The zero-order valence-electron chi connectivity index (χ0n) is 11.9. The van der Waals surface area contributed by atoms with Gasteiger partial charge in [-0.25, -0.2) is 0 Å². The van der Waals surface area contributed by atoms with Crippen LogP contribution >= 0.6 is 0 Å². The fraction of sp³-hybridized carbons (Fsp3) is 0.467. The minimum absolute atomic E-state index is 0.149. The van der Waals surface area contributed by atoms with E-state index in [4.69, 9.17) is 4.74 Å². The molecule has 0 aliphatic carbocycles. The monoisotopic (exact) mass is 277 g/mol. The van der Waals surface area contributed by atoms with E-state index in [-0.39, 0.29) is 12.5 Å². The Bertz CT molecular complexity index is 555. The fourth-order valence-electron chi connectivity index (χ4n) is 2.57. The first-order chi connectivity index (χ1) is 9.36. The molecule has 1 amide bonds. The van der Waals surface area contributed by atoms with Crippen molar-refractivity contribution in [1.29, 1.82) is 0 Å². The zero-order valence-corrected chi connectivity index (χ0v) is 11.9. The predicted molar refractivity (Wildman–Crippen MR) is 73.7 cm³/mol. The number of carboxylic acids is 1. The van der Waals surface area contributed by atoms with E-state index in [0.717, 1.165) is 16.9 Å². The number of carbonyl (C=O) groups is 2. The maximum atomic E-state index is 11.8. The minimum Gasteiger partial charge on any atom is -0.490 e. The number of aryl methyl sites for hydroxylation is 1. The second kappa shape index (κ2) is 5.15. The first kappa shape index (κ1) is 14.4. The van der Waals surface area contributed by atoms with Gasteiger partial charge in [-0.3, -0.25) is 9.59 Å². The van der Waals surface area contributed by atoms with E-state index in [1.807, 2.05) is 25.1 Å². The number of benzene rings is 1. The maximum Gasteiger partial charge on any atom is 0.319 e. The molecule has 5 heteroatoms. The zero-order chi connectivity index (χ0) is 14.9. The summed E-state index contributed by atoms with van der Waals surface area (Å²) < 4.78 is 5.76. The van der Waals surface area contributed by atoms with E-state index in [1.165, 1.54) is 14.0 Å². The van der Waals surface area contributed by atoms with E-state index >= 15 is 0 Å². The van der Waals surface area contributed by atoms with Crippen molar-refractivity contribution in [3.05, 3.63) is 29.3 Å². The minimum atomic E-state index is -1.48. The number of nitrogens with one attached hydrogen (secondary N) is 1. The quantitative estimate of drug-likeness (QED) is 0.818. The third kappa shape index (κ3) is 2.48. The van der Waals surface area contributed by atoms with Crippen LogP contribution in [0.5, 0.6) is 5.75 Å². The van der Waals surface area contributed by atoms with Crippen molar-refractivity contribution >= 4 is 11.9 Å². The van der Waals surface area contributed by atoms with Crippen LogP contribution in [0.1, 0.15) is 24.5 Å². The van der Waals surface area contributed by atoms with Crippen molar-refractivity contribution in [3.8, 4) is 5.75 Å². The average Bonchev–Trinajstić information content (AvgIpc) is 2.78. The number of fused-ring (bicyclic) bond motifs is 1. The molecule has 1 aliphatic rings. The molecule has 1 aliphatic heterocycles. The van der Waals surface area contributed by atoms with Gasteiger partial charge in [0.05, 0.1) is 0 Å². The van der Waals surface area contributed by atoms with Crippen molar-refractivity contribution < 1.29 is 19.4 Å². The molecule has 2 unspecified atom stereocenters. The molecule has 20 heavy (non-hydrogen) atoms. The van der Waals surface area contributed by atoms with Crippen LogP contribution in [0.15, 0.2) is 18.2 Å². The summed E-state index contributed by atoms with van der Waals surface area (Å²) in [5, 5.41) is 11.8. The fourth-order valence-corrected chi connectivity index (χ4v) is 2.57. The number of rotatable bonds is 4. The lowest BCUT2D eigenvalue weighted by molar-refractivity contribution is -0.156. The molecule has 1 aromatic carbocycles. The van der Waals surface area contributed by atoms with Gasteiger partial charge in [-0.15, -0.1) is 0 Å². The average molecular weight is 277 g/mol. The predicted octanol–water partition coefficient (Wildman–Crippen LogP) is 1.53. The molecule has 5 nitrogen and oxygen atoms in total. The molecule has 2 N–H and O–H groups in total. The van der Waals surface area contributed by atoms with Crippen LogP contribution in [0, 0.1) is 12.3 Å². The van der Waals surface area contributed by atoms with Crippen LogP contribution in [0.4, 0.5) is 0 Å². The van der Waals surface area contributed by atoms with Crippen LogP contribution in [-0.2, 0) is 16.0 Å². The number of hydrogen-bond acceptors (Lipinski definition) is 3. The Morgan fingerprint density at radius 3 is 2.80 bits per heavy atom. The maximum absolute atomic E-state index is 11.8. The molecule has 1 heterocycles. The third-order valence-corrected chi connectivity index (χ3v) is 3.79. The first-order valence-electron chi connectivity index (χ1n) is 6.58. The van der Waals surface area contributed by atoms with Crippen molar-refractivity contribution in [2.45, 2.75) is 32.8 Å². The standard InChI is InChI=1S/C15H19NO4/c1-9-4-5-12-10(6-9)7-11(20-12)8-15(2,14(18)19)13(17)16-3/h4-6,11H,7-8H2,1-3H3,(H,16,17)(H,18,19). The number of aliphatic carboxylic acids is 1. The van der Waals surface area contributed by atoms with Gasteiger partial charge in [-0.1, -0.05) is 17.7 Å². The Kier molecular flexibility index (Phi) is 3.70. The molecule has 108 valence electrons. The number of amides is 1. The van der Waals surface area contributed by atoms with Crippen LogP contribution in [0.2, 0.25) is 0 Å². The third-order valence-electron chi connectivity index (χ3n) is 3.79. The Labute approximate surface area is 117 Å². The Balaban J connectivity index is 2.16. The Hall–Kier alpha value is -2.04. The summed E-state index contributed by atoms with van der Waals surface area (Å²) in [7, 11) is 1.44. The smallest absolute Gasteiger partial charge is 0.319 e. The van der Waals surface area contributed by atoms with Crippen molar-refractivity contribution in [1.82, 2.24) is 5.32 Å². The van der Waals surface area contributed by atoms with E-state index in [9.17, 15) is 14.7 Å². The summed E-state index contributed by atoms with van der Waals surface area (Å²) in [6.07, 6.45) is 0.497. The molecular formula is C15H19NO4. The normalized spacial score (nSPS) is 19.6. The Morgan fingerprint density at radius 1 is 1.50 bits per heavy atom. The molecule has 0 spiro atoms. The summed E-state index contributed by atoms with van der Waals surface area (Å²) in [6, 6.07) is 5.88. The highest BCUT2D eigenvalue weighted by molar-refractivity contribution is 6.01. The van der Waals surface area contributed by atoms with E-state index in [1.54, 1.807) is 0 Å². The lowest BCUT2D eigenvalue weighted by Gasteiger charge is -2.25. The number of carbonyl (C=O) groups excluding carboxylic acids is 1. The molecule has 0 bridgehead atoms. The first-order valence-corrected chi connectivity index (χ1v) is 6.58. The van der Waals surface area contributed by atoms with Gasteiger partial charge in [-0.2, -0.15) is 0 Å². The second-order valence-corrected chi connectivity index (χ2v) is 5.48. The van der Waals surface area contributed by atoms with Crippen molar-refractivity contribution in [2.24, 2.45) is 5.41 Å². The van der Waals surface area contributed by atoms with Crippen LogP contribution < -0.4 is 10.1 Å². The number of hydrogen-bond donors (Lipinski definition) is 2. The van der Waals surface area contributed by atoms with Gasteiger partial charge in [0.15, 0.2) is 0 Å². The van der Waals surface area contributed by atoms with Crippen molar-refractivity contribution in [3.63, 3.8) is 0 Å². The van der Waals surface area contributed by atoms with Crippen molar-refractivity contribution in [2.75, 3.05) is 7.05 Å². The van der Waals surface area contributed by atoms with Gasteiger partial charge in [0, 0.05) is 19.9 Å². The van der Waals surface area contributed by atoms with E-state index < -0.39 is 17.3 Å². The van der Waals surface area contributed by atoms with E-state index in [0.29, 0.717) is 6.42 Å². The Morgan fingerprint density at radius 2 is 2.20 bits per heavy atom. The summed E-state index contributed by atoms with van der Waals surface area (Å²) in [5.74, 6) is -0.849. The highest BCUT2D eigenvalue weighted by atomic mass is 16.5. The van der Waals surface area contributed by atoms with Crippen LogP contribution in [0.25, 0.3) is 0 Å². The highest BCUT2D eigenvalue weighted by Gasteiger charge is 2.44. The molecule has 0 saturated carbocycles. The number of carboxylic acid groups (broad SMARTS) is 1. The molecule has 0 saturated heterocycles. The van der Waals surface area contributed by atoms with Gasteiger partial charge < -0.3 is 15.2 Å². The lowest BCUT2D eigenvalue weighted by Crippen LogP contribution is -2.45.